The van der Waals surface area contributed by atoms with Gasteiger partial charge in [0.15, 0.2) is 0 Å². The molecule has 6 heteroatoms. The topological polar surface area (TPSA) is 83.7 Å². The van der Waals surface area contributed by atoms with Gasteiger partial charge in [-0.2, -0.15) is 0 Å². The molecular formula is C18H18N2O4. The first-order valence-corrected chi connectivity index (χ1v) is 7.78. The van der Waals surface area contributed by atoms with E-state index in [-0.39, 0.29) is 11.6 Å². The van der Waals surface area contributed by atoms with E-state index in [2.05, 4.69) is 4.90 Å². The second-order valence-corrected chi connectivity index (χ2v) is 6.08. The van der Waals surface area contributed by atoms with E-state index < -0.39 is 16.8 Å². The van der Waals surface area contributed by atoms with Crippen molar-refractivity contribution >= 4 is 11.7 Å². The molecule has 1 heterocycles. The first-order chi connectivity index (χ1) is 11.5. The lowest BCUT2D eigenvalue weighted by Crippen LogP contribution is -2.23. The zero-order valence-electron chi connectivity index (χ0n) is 13.0. The van der Waals surface area contributed by atoms with Crippen LogP contribution in [0.3, 0.4) is 0 Å². The fraction of sp³-hybridized carbons (Fsp3) is 0.278. The third-order valence-electron chi connectivity index (χ3n) is 4.47. The third-order valence-corrected chi connectivity index (χ3v) is 4.47. The lowest BCUT2D eigenvalue weighted by atomic mass is 9.89. The number of nitro benzene ring substituents is 1. The van der Waals surface area contributed by atoms with Crippen molar-refractivity contribution in [3.8, 4) is 0 Å². The summed E-state index contributed by atoms with van der Waals surface area (Å²) in [4.78, 5) is 24.3. The van der Waals surface area contributed by atoms with Crippen molar-refractivity contribution < 1.29 is 14.8 Å². The first-order valence-electron chi connectivity index (χ1n) is 7.78. The molecule has 2 aromatic carbocycles. The molecule has 124 valence electrons. The van der Waals surface area contributed by atoms with Crippen LogP contribution in [0.4, 0.5) is 5.69 Å². The maximum Gasteiger partial charge on any atom is 0.308 e. The van der Waals surface area contributed by atoms with Crippen LogP contribution in [0.1, 0.15) is 17.0 Å². The van der Waals surface area contributed by atoms with Gasteiger partial charge in [-0.05, 0) is 11.1 Å². The average molecular weight is 326 g/mol. The summed E-state index contributed by atoms with van der Waals surface area (Å²) in [5.74, 6) is -1.66. The lowest BCUT2D eigenvalue weighted by Gasteiger charge is -2.16. The second kappa shape index (κ2) is 6.80. The molecule has 1 fully saturated rings. The normalized spacial score (nSPS) is 20.8. The Morgan fingerprint density at radius 2 is 1.92 bits per heavy atom. The van der Waals surface area contributed by atoms with Crippen LogP contribution in [-0.4, -0.2) is 34.0 Å². The van der Waals surface area contributed by atoms with Gasteiger partial charge >= 0.3 is 5.97 Å². The highest BCUT2D eigenvalue weighted by Crippen LogP contribution is 2.35. The summed E-state index contributed by atoms with van der Waals surface area (Å²) >= 11 is 0. The zero-order chi connectivity index (χ0) is 17.1. The highest BCUT2D eigenvalue weighted by Gasteiger charge is 2.38. The summed E-state index contributed by atoms with van der Waals surface area (Å²) in [7, 11) is 0. The van der Waals surface area contributed by atoms with Crippen LogP contribution in [0.5, 0.6) is 0 Å². The van der Waals surface area contributed by atoms with Gasteiger partial charge < -0.3 is 5.11 Å². The van der Waals surface area contributed by atoms with Gasteiger partial charge in [0.1, 0.15) is 0 Å². The molecule has 0 aliphatic carbocycles. The molecule has 6 nitrogen and oxygen atoms in total. The van der Waals surface area contributed by atoms with E-state index in [0.29, 0.717) is 25.2 Å². The van der Waals surface area contributed by atoms with Crippen LogP contribution in [0.2, 0.25) is 0 Å². The molecule has 1 aliphatic heterocycles. The summed E-state index contributed by atoms with van der Waals surface area (Å²) in [5.41, 5.74) is 1.84. The Balaban J connectivity index is 1.82. The molecule has 1 aliphatic rings. The summed E-state index contributed by atoms with van der Waals surface area (Å²) in [6, 6.07) is 16.2. The minimum absolute atomic E-state index is 0.00171. The maximum atomic E-state index is 11.6. The molecule has 0 spiro atoms. The van der Waals surface area contributed by atoms with Crippen LogP contribution in [-0.2, 0) is 11.3 Å². The number of carboxylic acids is 1. The number of nitrogens with zero attached hydrogens (tertiary/aromatic N) is 2. The van der Waals surface area contributed by atoms with E-state index in [1.54, 1.807) is 12.1 Å². The number of nitro groups is 1. The predicted molar refractivity (Wildman–Crippen MR) is 88.7 cm³/mol. The van der Waals surface area contributed by atoms with Crippen molar-refractivity contribution in [2.45, 2.75) is 12.5 Å². The van der Waals surface area contributed by atoms with Crippen LogP contribution in [0, 0.1) is 16.0 Å². The third kappa shape index (κ3) is 3.44. The van der Waals surface area contributed by atoms with Crippen molar-refractivity contribution in [1.82, 2.24) is 4.90 Å². The van der Waals surface area contributed by atoms with E-state index in [1.165, 1.54) is 12.1 Å². The average Bonchev–Trinajstić information content (AvgIpc) is 3.00. The number of benzene rings is 2. The molecule has 0 radical (unpaired) electrons. The molecule has 0 amide bonds. The number of non-ortho nitro benzene ring substituents is 1. The van der Waals surface area contributed by atoms with Crippen LogP contribution in [0.15, 0.2) is 54.6 Å². The molecule has 0 aromatic heterocycles. The largest absolute Gasteiger partial charge is 0.481 e. The molecule has 0 bridgehead atoms. The minimum atomic E-state index is -0.859. The Bertz CT molecular complexity index is 748. The summed E-state index contributed by atoms with van der Waals surface area (Å²) in [6.45, 7) is 1.70. The predicted octanol–water partition coefficient (Wildman–Crippen LogP) is 2.90. The summed E-state index contributed by atoms with van der Waals surface area (Å²) in [6.07, 6.45) is 0. The maximum absolute atomic E-state index is 11.6. The first kappa shape index (κ1) is 16.1. The number of aliphatic carboxylic acids is 1. The van der Waals surface area contributed by atoms with Crippen molar-refractivity contribution in [3.05, 3.63) is 75.8 Å². The standard InChI is InChI=1S/C18H18N2O4/c21-18(22)17-12-19(10-13-5-2-1-3-6-13)11-16(17)14-7-4-8-15(9-14)20(23)24/h1-9,16-17H,10-12H2,(H,21,22). The van der Waals surface area contributed by atoms with Crippen LogP contribution < -0.4 is 0 Å². The van der Waals surface area contributed by atoms with E-state index in [1.807, 2.05) is 30.3 Å². The number of carbonyl (C=O) groups is 1. The Kier molecular flexibility index (Phi) is 4.57. The number of likely N-dealkylation sites (tertiary alicyclic amines) is 1. The fourth-order valence-electron chi connectivity index (χ4n) is 3.31. The molecule has 0 saturated carbocycles. The van der Waals surface area contributed by atoms with Gasteiger partial charge in [0.05, 0.1) is 10.8 Å². The summed E-state index contributed by atoms with van der Waals surface area (Å²) < 4.78 is 0. The van der Waals surface area contributed by atoms with Gasteiger partial charge in [0.2, 0.25) is 0 Å². The van der Waals surface area contributed by atoms with Gasteiger partial charge in [0, 0.05) is 37.7 Å². The van der Waals surface area contributed by atoms with Crippen LogP contribution in [0.25, 0.3) is 0 Å². The number of hydrogen-bond acceptors (Lipinski definition) is 4. The van der Waals surface area contributed by atoms with Crippen molar-refractivity contribution in [2.24, 2.45) is 5.92 Å². The smallest absolute Gasteiger partial charge is 0.308 e. The Labute approximate surface area is 139 Å². The molecule has 2 unspecified atom stereocenters. The Hall–Kier alpha value is -2.73. The highest BCUT2D eigenvalue weighted by atomic mass is 16.6. The van der Waals surface area contributed by atoms with Crippen molar-refractivity contribution in [3.63, 3.8) is 0 Å². The SMILES string of the molecule is O=C(O)C1CN(Cc2ccccc2)CC1c1cccc([N+](=O)[O-])c1. The Morgan fingerprint density at radius 3 is 2.58 bits per heavy atom. The highest BCUT2D eigenvalue weighted by molar-refractivity contribution is 5.72. The molecule has 2 aromatic rings. The van der Waals surface area contributed by atoms with E-state index in [4.69, 9.17) is 0 Å². The minimum Gasteiger partial charge on any atom is -0.481 e. The second-order valence-electron chi connectivity index (χ2n) is 6.08. The van der Waals surface area contributed by atoms with E-state index in [0.717, 1.165) is 5.56 Å². The van der Waals surface area contributed by atoms with Gasteiger partial charge in [0.25, 0.3) is 5.69 Å². The molecule has 1 saturated heterocycles. The Morgan fingerprint density at radius 1 is 1.17 bits per heavy atom. The van der Waals surface area contributed by atoms with Crippen molar-refractivity contribution in [2.75, 3.05) is 13.1 Å². The number of carboxylic acid groups (broad SMARTS) is 1. The molecule has 1 N–H and O–H groups in total. The van der Waals surface area contributed by atoms with Crippen molar-refractivity contribution in [1.29, 1.82) is 0 Å². The molecule has 2 atom stereocenters. The number of hydrogen-bond donors (Lipinski definition) is 1. The molecule has 3 rings (SSSR count). The number of rotatable bonds is 5. The lowest BCUT2D eigenvalue weighted by molar-refractivity contribution is -0.384. The van der Waals surface area contributed by atoms with Gasteiger partial charge in [-0.3, -0.25) is 19.8 Å². The fourth-order valence-corrected chi connectivity index (χ4v) is 3.31. The summed E-state index contributed by atoms with van der Waals surface area (Å²) in [5, 5.41) is 20.5. The molecule has 24 heavy (non-hydrogen) atoms. The monoisotopic (exact) mass is 326 g/mol. The quantitative estimate of drug-likeness (QED) is 0.674. The van der Waals surface area contributed by atoms with E-state index in [9.17, 15) is 20.0 Å². The van der Waals surface area contributed by atoms with Gasteiger partial charge in [-0.15, -0.1) is 0 Å². The molecular weight excluding hydrogens is 308 g/mol. The van der Waals surface area contributed by atoms with Gasteiger partial charge in [-0.1, -0.05) is 42.5 Å². The zero-order valence-corrected chi connectivity index (χ0v) is 13.0. The van der Waals surface area contributed by atoms with Gasteiger partial charge in [-0.25, -0.2) is 0 Å². The van der Waals surface area contributed by atoms with Crippen LogP contribution >= 0.6 is 0 Å². The van der Waals surface area contributed by atoms with E-state index >= 15 is 0 Å².